The minimum Gasteiger partial charge on any atom is -0.390 e. The van der Waals surface area contributed by atoms with E-state index in [1.807, 2.05) is 6.92 Å². The maximum atomic E-state index is 12.9. The van der Waals surface area contributed by atoms with Crippen molar-refractivity contribution in [3.8, 4) is 6.07 Å². The Morgan fingerprint density at radius 1 is 1.67 bits per heavy atom. The molecule has 0 aliphatic heterocycles. The molecule has 80 valence electrons. The van der Waals surface area contributed by atoms with Crippen molar-refractivity contribution in [2.45, 2.75) is 6.92 Å². The molecule has 1 aromatic carbocycles. The van der Waals surface area contributed by atoms with Crippen molar-refractivity contribution >= 4 is 12.0 Å². The smallest absolute Gasteiger partial charge is 0.143 e. The first kappa shape index (κ1) is 12.9. The molecule has 0 atom stereocenters. The lowest BCUT2D eigenvalue weighted by atomic mass is 10.2. The van der Waals surface area contributed by atoms with Crippen molar-refractivity contribution in [1.82, 2.24) is 0 Å². The molecule has 0 radical (unpaired) electrons. The summed E-state index contributed by atoms with van der Waals surface area (Å²) in [5.41, 5.74) is 5.17. The Hall–Kier alpha value is -2.09. The van der Waals surface area contributed by atoms with Crippen LogP contribution in [0.4, 0.5) is 10.1 Å². The molecule has 0 bridgehead atoms. The van der Waals surface area contributed by atoms with Crippen molar-refractivity contribution in [1.29, 1.82) is 10.7 Å². The molecule has 0 aliphatic carbocycles. The van der Waals surface area contributed by atoms with Crippen LogP contribution in [-0.2, 0) is 0 Å². The van der Waals surface area contributed by atoms with E-state index in [1.54, 1.807) is 12.1 Å². The van der Waals surface area contributed by atoms with Gasteiger partial charge in [0.15, 0.2) is 0 Å². The summed E-state index contributed by atoms with van der Waals surface area (Å²) in [6, 6.07) is 6.23. The third-order valence-corrected chi connectivity index (χ3v) is 1.47. The van der Waals surface area contributed by atoms with Gasteiger partial charge in [-0.3, -0.25) is 5.41 Å². The number of hydrogen-bond acceptors (Lipinski definition) is 3. The molecule has 0 amide bonds. The zero-order valence-electron chi connectivity index (χ0n) is 8.42. The molecule has 4 N–H and O–H groups in total. The van der Waals surface area contributed by atoms with Crippen molar-refractivity contribution in [3.05, 3.63) is 29.6 Å². The van der Waals surface area contributed by atoms with E-state index in [4.69, 9.17) is 10.7 Å². The molecule has 0 spiro atoms. The number of anilines is 1. The van der Waals surface area contributed by atoms with Gasteiger partial charge in [-0.2, -0.15) is 5.26 Å². The standard InChI is InChI=1S/C9H9FN2.CH4N2/c1-2-12-8-4-3-7(6-11)9(10)5-8;2-1-3/h3-5,12H,2H2,1H3;1H,(H3,2,3). The van der Waals surface area contributed by atoms with E-state index in [2.05, 4.69) is 11.1 Å². The molecule has 0 aromatic heterocycles. The Bertz CT molecular complexity index is 357. The van der Waals surface area contributed by atoms with E-state index in [1.165, 1.54) is 12.1 Å². The predicted molar refractivity (Wildman–Crippen MR) is 58.2 cm³/mol. The van der Waals surface area contributed by atoms with Crippen LogP contribution in [0.25, 0.3) is 0 Å². The summed E-state index contributed by atoms with van der Waals surface area (Å²) in [6.07, 6.45) is 0.750. The monoisotopic (exact) mass is 208 g/mol. The number of hydrogen-bond donors (Lipinski definition) is 3. The molecular formula is C10H13FN4. The largest absolute Gasteiger partial charge is 0.390 e. The van der Waals surface area contributed by atoms with E-state index in [9.17, 15) is 4.39 Å². The van der Waals surface area contributed by atoms with Gasteiger partial charge in [0.25, 0.3) is 0 Å². The van der Waals surface area contributed by atoms with Gasteiger partial charge in [0.2, 0.25) is 0 Å². The Balaban J connectivity index is 0.000000583. The average Bonchev–Trinajstić information content (AvgIpc) is 2.20. The molecule has 0 fully saturated rings. The van der Waals surface area contributed by atoms with Crippen LogP contribution in [0.2, 0.25) is 0 Å². The molecule has 0 saturated carbocycles. The summed E-state index contributed by atoms with van der Waals surface area (Å²) in [6.45, 7) is 2.67. The quantitative estimate of drug-likeness (QED) is 0.510. The predicted octanol–water partition coefficient (Wildman–Crippen LogP) is 1.68. The van der Waals surface area contributed by atoms with Crippen LogP contribution in [0.3, 0.4) is 0 Å². The van der Waals surface area contributed by atoms with Gasteiger partial charge in [0.05, 0.1) is 11.9 Å². The summed E-state index contributed by atoms with van der Waals surface area (Å²) < 4.78 is 12.9. The van der Waals surface area contributed by atoms with Crippen LogP contribution in [0.1, 0.15) is 12.5 Å². The van der Waals surface area contributed by atoms with E-state index in [0.29, 0.717) is 5.69 Å². The topological polar surface area (TPSA) is 85.7 Å². The normalized spacial score (nSPS) is 8.07. The molecule has 4 nitrogen and oxygen atoms in total. The lowest BCUT2D eigenvalue weighted by Gasteiger charge is -2.02. The van der Waals surface area contributed by atoms with Crippen molar-refractivity contribution < 1.29 is 4.39 Å². The van der Waals surface area contributed by atoms with Gasteiger partial charge in [-0.05, 0) is 25.1 Å². The number of nitriles is 1. The van der Waals surface area contributed by atoms with Crippen LogP contribution in [-0.4, -0.2) is 12.9 Å². The zero-order valence-corrected chi connectivity index (χ0v) is 8.42. The Kier molecular flexibility index (Phi) is 6.31. The Labute approximate surface area is 88.0 Å². The second-order valence-corrected chi connectivity index (χ2v) is 2.50. The summed E-state index contributed by atoms with van der Waals surface area (Å²) in [5.74, 6) is -0.476. The maximum absolute atomic E-state index is 12.9. The minimum absolute atomic E-state index is 0.0802. The van der Waals surface area contributed by atoms with Gasteiger partial charge in [-0.1, -0.05) is 0 Å². The molecule has 0 heterocycles. The van der Waals surface area contributed by atoms with Crippen LogP contribution in [0.15, 0.2) is 18.2 Å². The van der Waals surface area contributed by atoms with E-state index < -0.39 is 5.82 Å². The fourth-order valence-electron chi connectivity index (χ4n) is 0.920. The van der Waals surface area contributed by atoms with E-state index in [-0.39, 0.29) is 5.56 Å². The SMILES string of the molecule is CCNc1ccc(C#N)c(F)c1.N=CN. The second-order valence-electron chi connectivity index (χ2n) is 2.50. The van der Waals surface area contributed by atoms with Gasteiger partial charge in [-0.25, -0.2) is 4.39 Å². The Morgan fingerprint density at radius 2 is 2.27 bits per heavy atom. The lowest BCUT2D eigenvalue weighted by Crippen LogP contribution is -1.97. The fraction of sp³-hybridized carbons (Fsp3) is 0.200. The summed E-state index contributed by atoms with van der Waals surface area (Å²) in [5, 5.41) is 17.2. The van der Waals surface area contributed by atoms with Crippen molar-refractivity contribution in [3.63, 3.8) is 0 Å². The molecule has 0 saturated heterocycles. The first-order chi connectivity index (χ1) is 7.19. The first-order valence-electron chi connectivity index (χ1n) is 4.33. The maximum Gasteiger partial charge on any atom is 0.143 e. The number of rotatable bonds is 2. The fourth-order valence-corrected chi connectivity index (χ4v) is 0.920. The molecule has 1 rings (SSSR count). The molecule has 0 aliphatic rings. The average molecular weight is 208 g/mol. The van der Waals surface area contributed by atoms with Gasteiger partial charge >= 0.3 is 0 Å². The van der Waals surface area contributed by atoms with Crippen molar-refractivity contribution in [2.24, 2.45) is 5.73 Å². The van der Waals surface area contributed by atoms with Gasteiger partial charge in [0, 0.05) is 12.2 Å². The lowest BCUT2D eigenvalue weighted by molar-refractivity contribution is 0.624. The number of nitrogens with one attached hydrogen (secondary N) is 2. The Morgan fingerprint density at radius 3 is 2.67 bits per heavy atom. The zero-order chi connectivity index (χ0) is 11.7. The minimum atomic E-state index is -0.476. The highest BCUT2D eigenvalue weighted by Gasteiger charge is 2.00. The highest BCUT2D eigenvalue weighted by atomic mass is 19.1. The van der Waals surface area contributed by atoms with Crippen LogP contribution in [0, 0.1) is 22.6 Å². The van der Waals surface area contributed by atoms with Crippen LogP contribution < -0.4 is 11.1 Å². The van der Waals surface area contributed by atoms with E-state index in [0.717, 1.165) is 12.9 Å². The molecule has 5 heteroatoms. The molecule has 0 unspecified atom stereocenters. The third kappa shape index (κ3) is 4.62. The van der Waals surface area contributed by atoms with Gasteiger partial charge in [-0.15, -0.1) is 0 Å². The number of halogens is 1. The second kappa shape index (κ2) is 7.33. The van der Waals surface area contributed by atoms with Crippen LogP contribution >= 0.6 is 0 Å². The first-order valence-corrected chi connectivity index (χ1v) is 4.33. The highest BCUT2D eigenvalue weighted by molar-refractivity contribution is 5.47. The van der Waals surface area contributed by atoms with Crippen molar-refractivity contribution in [2.75, 3.05) is 11.9 Å². The summed E-state index contributed by atoms with van der Waals surface area (Å²) in [4.78, 5) is 0. The van der Waals surface area contributed by atoms with Gasteiger partial charge < -0.3 is 11.1 Å². The number of benzene rings is 1. The molecular weight excluding hydrogens is 195 g/mol. The van der Waals surface area contributed by atoms with Gasteiger partial charge in [0.1, 0.15) is 11.9 Å². The highest BCUT2D eigenvalue weighted by Crippen LogP contribution is 2.12. The molecule has 1 aromatic rings. The summed E-state index contributed by atoms with van der Waals surface area (Å²) >= 11 is 0. The summed E-state index contributed by atoms with van der Waals surface area (Å²) in [7, 11) is 0. The van der Waals surface area contributed by atoms with E-state index >= 15 is 0 Å². The van der Waals surface area contributed by atoms with Crippen LogP contribution in [0.5, 0.6) is 0 Å². The number of nitrogens with two attached hydrogens (primary N) is 1. The molecule has 15 heavy (non-hydrogen) atoms. The third-order valence-electron chi connectivity index (χ3n) is 1.47. The number of nitrogens with zero attached hydrogens (tertiary/aromatic N) is 1.